The zero-order valence-corrected chi connectivity index (χ0v) is 42.1. The molecule has 0 spiro atoms. The van der Waals surface area contributed by atoms with Gasteiger partial charge in [0.2, 0.25) is 5.91 Å². The number of nitriles is 1. The van der Waals surface area contributed by atoms with Crippen LogP contribution in [0, 0.1) is 11.3 Å². The van der Waals surface area contributed by atoms with Gasteiger partial charge in [-0.3, -0.25) is 9.59 Å². The Kier molecular flexibility index (Phi) is 25.1. The number of benzene rings is 3. The van der Waals surface area contributed by atoms with Crippen molar-refractivity contribution in [2.75, 3.05) is 41.1 Å². The summed E-state index contributed by atoms with van der Waals surface area (Å²) in [6, 6.07) is 28.6. The number of rotatable bonds is 33. The van der Waals surface area contributed by atoms with Gasteiger partial charge in [-0.15, -0.1) is 0 Å². The van der Waals surface area contributed by atoms with E-state index in [2.05, 4.69) is 74.8 Å². The number of hydrogen-bond acceptors (Lipinski definition) is 10. The summed E-state index contributed by atoms with van der Waals surface area (Å²) in [5, 5.41) is 9.34. The smallest absolute Gasteiger partial charge is 0.305 e. The summed E-state index contributed by atoms with van der Waals surface area (Å²) in [6.07, 6.45) is 17.9. The van der Waals surface area contributed by atoms with E-state index >= 15 is 0 Å². The molecule has 1 saturated heterocycles. The lowest BCUT2D eigenvalue weighted by Crippen LogP contribution is -2.42. The average molecular weight is 930 g/mol. The molecule has 0 bridgehead atoms. The van der Waals surface area contributed by atoms with Gasteiger partial charge in [0, 0.05) is 31.5 Å². The second-order valence-electron chi connectivity index (χ2n) is 18.1. The van der Waals surface area contributed by atoms with E-state index in [9.17, 15) is 14.9 Å². The van der Waals surface area contributed by atoms with Crippen LogP contribution in [0.5, 0.6) is 11.5 Å². The number of unbranched alkanes of at least 4 members (excludes halogenated alkanes) is 13. The SMILES string of the molecule is COC(=O)CCCCCCCCCCCCCCCCC(=O)N1C[C@H](OP(OCCC#N)N(C(C)C)C(C)C)C[C@H]1COC(c1ccccc1)(c1ccc(OC)cc1)c1ccc(OC)cc1. The quantitative estimate of drug-likeness (QED) is 0.0253. The van der Waals surface area contributed by atoms with E-state index in [4.69, 9.17) is 28.0 Å². The summed E-state index contributed by atoms with van der Waals surface area (Å²) in [4.78, 5) is 27.7. The van der Waals surface area contributed by atoms with E-state index in [1.54, 1.807) is 14.2 Å². The van der Waals surface area contributed by atoms with Gasteiger partial charge in [0.1, 0.15) is 17.1 Å². The van der Waals surface area contributed by atoms with E-state index in [-0.39, 0.29) is 55.7 Å². The summed E-state index contributed by atoms with van der Waals surface area (Å²) in [6.45, 7) is 9.54. The molecule has 1 amide bonds. The Bertz CT molecular complexity index is 1780. The second-order valence-corrected chi connectivity index (χ2v) is 19.5. The third-order valence-corrected chi connectivity index (χ3v) is 14.7. The first-order valence-electron chi connectivity index (χ1n) is 24.7. The highest BCUT2D eigenvalue weighted by Gasteiger charge is 2.43. The minimum atomic E-state index is -1.50. The van der Waals surface area contributed by atoms with Gasteiger partial charge in [0.25, 0.3) is 8.53 Å². The van der Waals surface area contributed by atoms with E-state index in [1.165, 1.54) is 64.9 Å². The number of ether oxygens (including phenoxy) is 4. The molecule has 1 unspecified atom stereocenters. The molecule has 3 atom stereocenters. The summed E-state index contributed by atoms with van der Waals surface area (Å²) >= 11 is 0. The average Bonchev–Trinajstić information content (AvgIpc) is 3.74. The predicted octanol–water partition coefficient (Wildman–Crippen LogP) is 12.7. The third-order valence-electron chi connectivity index (χ3n) is 12.5. The van der Waals surface area contributed by atoms with Crippen LogP contribution in [0.3, 0.4) is 0 Å². The maximum absolute atomic E-state index is 14.4. The van der Waals surface area contributed by atoms with Crippen LogP contribution in [-0.4, -0.2) is 86.8 Å². The van der Waals surface area contributed by atoms with E-state index in [0.29, 0.717) is 25.8 Å². The first kappa shape index (κ1) is 54.6. The van der Waals surface area contributed by atoms with Gasteiger partial charge in [-0.05, 0) is 87.9 Å². The number of amides is 1. The standard InChI is InChI=1S/C54H80N3O8P/c1-43(2)57(44(3)4)66(64-39-25-38-55)65-51-40-48(56(41-51)52(58)28-23-18-16-14-12-10-8-9-11-13-15-17-19-24-29-53(59)62-7)42-63-54(45-26-21-20-22-27-45,46-30-34-49(60-5)35-31-46)47-32-36-50(61-6)37-33-47/h20-22,26-27,30-37,43-44,48,51H,8-19,23-25,28-29,39-42H2,1-7H3/t48-,51+,66?/m0/s1. The fourth-order valence-electron chi connectivity index (χ4n) is 9.04. The number of methoxy groups -OCH3 is 3. The molecule has 0 N–H and O–H groups in total. The molecule has 1 aliphatic heterocycles. The fraction of sp³-hybridized carbons (Fsp3) is 0.611. The molecule has 66 heavy (non-hydrogen) atoms. The van der Waals surface area contributed by atoms with E-state index in [0.717, 1.165) is 60.3 Å². The summed E-state index contributed by atoms with van der Waals surface area (Å²) < 4.78 is 38.7. The Morgan fingerprint density at radius 1 is 0.697 bits per heavy atom. The Hall–Kier alpha value is -4.04. The van der Waals surface area contributed by atoms with Crippen LogP contribution < -0.4 is 9.47 Å². The summed E-state index contributed by atoms with van der Waals surface area (Å²) in [5.41, 5.74) is 1.80. The highest BCUT2D eigenvalue weighted by molar-refractivity contribution is 7.44. The number of nitrogens with zero attached hydrogens (tertiary/aromatic N) is 3. The van der Waals surface area contributed by atoms with Crippen molar-refractivity contribution in [1.29, 1.82) is 5.26 Å². The van der Waals surface area contributed by atoms with Gasteiger partial charge in [-0.1, -0.05) is 132 Å². The Labute approximate surface area is 398 Å². The molecular formula is C54H80N3O8P. The molecule has 1 heterocycles. The molecule has 1 fully saturated rings. The molecule has 11 nitrogen and oxygen atoms in total. The van der Waals surface area contributed by atoms with Crippen molar-refractivity contribution in [1.82, 2.24) is 9.57 Å². The van der Waals surface area contributed by atoms with Crippen LogP contribution in [-0.2, 0) is 33.7 Å². The van der Waals surface area contributed by atoms with Gasteiger partial charge in [0.05, 0.1) is 59.2 Å². The van der Waals surface area contributed by atoms with E-state index in [1.807, 2.05) is 47.4 Å². The lowest BCUT2D eigenvalue weighted by atomic mass is 9.80. The first-order chi connectivity index (χ1) is 32.1. The van der Waals surface area contributed by atoms with Crippen molar-refractivity contribution in [3.8, 4) is 17.6 Å². The number of esters is 1. The highest BCUT2D eigenvalue weighted by atomic mass is 31.2. The molecule has 1 aliphatic rings. The largest absolute Gasteiger partial charge is 0.497 e. The highest BCUT2D eigenvalue weighted by Crippen LogP contribution is 2.49. The molecule has 364 valence electrons. The minimum Gasteiger partial charge on any atom is -0.497 e. The Balaban J connectivity index is 1.45. The molecule has 0 aromatic heterocycles. The minimum absolute atomic E-state index is 0.106. The number of carbonyl (C=O) groups excluding carboxylic acids is 2. The number of carbonyl (C=O) groups is 2. The van der Waals surface area contributed by atoms with Crippen molar-refractivity contribution in [3.63, 3.8) is 0 Å². The molecular weight excluding hydrogens is 850 g/mol. The fourth-order valence-corrected chi connectivity index (χ4v) is 10.8. The molecule has 12 heteroatoms. The van der Waals surface area contributed by atoms with Crippen LogP contribution in [0.25, 0.3) is 0 Å². The van der Waals surface area contributed by atoms with Crippen LogP contribution in [0.2, 0.25) is 0 Å². The maximum atomic E-state index is 14.4. The van der Waals surface area contributed by atoms with Gasteiger partial charge in [0.15, 0.2) is 0 Å². The van der Waals surface area contributed by atoms with Crippen molar-refractivity contribution in [3.05, 3.63) is 95.6 Å². The molecule has 0 radical (unpaired) electrons. The van der Waals surface area contributed by atoms with Crippen LogP contribution in [0.4, 0.5) is 0 Å². The van der Waals surface area contributed by atoms with Crippen molar-refractivity contribution in [2.24, 2.45) is 0 Å². The zero-order valence-electron chi connectivity index (χ0n) is 41.2. The zero-order chi connectivity index (χ0) is 47.6. The van der Waals surface area contributed by atoms with Crippen LogP contribution in [0.1, 0.15) is 160 Å². The lowest BCUT2D eigenvalue weighted by Gasteiger charge is -2.38. The molecule has 0 saturated carbocycles. The normalized spacial score (nSPS) is 15.6. The molecule has 4 rings (SSSR count). The number of hydrogen-bond donors (Lipinski definition) is 0. The monoisotopic (exact) mass is 930 g/mol. The maximum Gasteiger partial charge on any atom is 0.305 e. The van der Waals surface area contributed by atoms with Gasteiger partial charge < -0.3 is 32.9 Å². The van der Waals surface area contributed by atoms with Crippen LogP contribution >= 0.6 is 8.53 Å². The first-order valence-corrected chi connectivity index (χ1v) is 25.8. The predicted molar refractivity (Wildman–Crippen MR) is 264 cm³/mol. The van der Waals surface area contributed by atoms with Gasteiger partial charge in [-0.2, -0.15) is 5.26 Å². The molecule has 0 aliphatic carbocycles. The topological polar surface area (TPSA) is 120 Å². The van der Waals surface area contributed by atoms with E-state index < -0.39 is 14.1 Å². The Morgan fingerprint density at radius 3 is 1.62 bits per heavy atom. The van der Waals surface area contributed by atoms with Crippen LogP contribution in [0.15, 0.2) is 78.9 Å². The molecule has 3 aromatic rings. The molecule has 3 aromatic carbocycles. The van der Waals surface area contributed by atoms with Crippen molar-refractivity contribution in [2.45, 2.75) is 173 Å². The Morgan fingerprint density at radius 2 is 1.17 bits per heavy atom. The van der Waals surface area contributed by atoms with Crippen molar-refractivity contribution >= 4 is 20.4 Å². The third kappa shape index (κ3) is 17.2. The number of likely N-dealkylation sites (tertiary alicyclic amines) is 1. The second kappa shape index (κ2) is 30.4. The lowest BCUT2D eigenvalue weighted by molar-refractivity contribution is -0.140. The van der Waals surface area contributed by atoms with Gasteiger partial charge >= 0.3 is 5.97 Å². The summed E-state index contributed by atoms with van der Waals surface area (Å²) in [5.74, 6) is 1.51. The van der Waals surface area contributed by atoms with Crippen molar-refractivity contribution < 1.29 is 37.6 Å². The summed E-state index contributed by atoms with van der Waals surface area (Å²) in [7, 11) is 3.28. The van der Waals surface area contributed by atoms with Gasteiger partial charge in [-0.25, -0.2) is 4.67 Å².